The zero-order chi connectivity index (χ0) is 16.4. The van der Waals surface area contributed by atoms with Crippen LogP contribution in [0.5, 0.6) is 0 Å². The maximum Gasteiger partial charge on any atom is 0.334 e. The van der Waals surface area contributed by atoms with E-state index in [0.29, 0.717) is 12.5 Å². The molecular formula is C15H27NO3S3. The van der Waals surface area contributed by atoms with Gasteiger partial charge in [0.1, 0.15) is 0 Å². The summed E-state index contributed by atoms with van der Waals surface area (Å²) in [5.41, 5.74) is 0. The molecule has 2 aliphatic rings. The van der Waals surface area contributed by atoms with Gasteiger partial charge in [0.2, 0.25) is 0 Å². The molecule has 1 aliphatic carbocycles. The fraction of sp³-hybridized carbons (Fsp3) is 0.933. The minimum absolute atomic E-state index is 0.100. The number of esters is 1. The molecule has 0 unspecified atom stereocenters. The van der Waals surface area contributed by atoms with E-state index in [2.05, 4.69) is 4.72 Å². The minimum atomic E-state index is -1.18. The Kier molecular flexibility index (Phi) is 6.30. The van der Waals surface area contributed by atoms with Gasteiger partial charge in [0.05, 0.1) is 28.4 Å². The third-order valence-corrected chi connectivity index (χ3v) is 8.96. The van der Waals surface area contributed by atoms with Crippen LogP contribution in [0.3, 0.4) is 0 Å². The molecule has 1 heterocycles. The molecule has 0 bridgehead atoms. The molecule has 1 aliphatic heterocycles. The molecule has 1 N–H and O–H groups in total. The van der Waals surface area contributed by atoms with Crippen LogP contribution in [0.15, 0.2) is 0 Å². The van der Waals surface area contributed by atoms with E-state index in [1.165, 1.54) is 12.8 Å². The lowest BCUT2D eigenvalue weighted by Crippen LogP contribution is -2.54. The summed E-state index contributed by atoms with van der Waals surface area (Å²) in [6.45, 7) is 8.09. The van der Waals surface area contributed by atoms with Crippen LogP contribution < -0.4 is 4.72 Å². The molecule has 2 atom stereocenters. The van der Waals surface area contributed by atoms with E-state index in [4.69, 9.17) is 4.74 Å². The van der Waals surface area contributed by atoms with Crippen molar-refractivity contribution in [2.75, 3.05) is 18.1 Å². The van der Waals surface area contributed by atoms with Gasteiger partial charge in [0, 0.05) is 11.5 Å². The molecule has 1 saturated heterocycles. The second-order valence-electron chi connectivity index (χ2n) is 6.82. The first-order valence-electron chi connectivity index (χ1n) is 7.92. The summed E-state index contributed by atoms with van der Waals surface area (Å²) < 4.78 is 20.2. The van der Waals surface area contributed by atoms with Crippen molar-refractivity contribution < 1.29 is 13.7 Å². The maximum absolute atomic E-state index is 12.6. The molecule has 128 valence electrons. The van der Waals surface area contributed by atoms with Crippen LogP contribution in [0.4, 0.5) is 0 Å². The van der Waals surface area contributed by atoms with Crippen LogP contribution in [0, 0.1) is 5.92 Å². The van der Waals surface area contributed by atoms with Crippen molar-refractivity contribution in [2.45, 2.75) is 61.8 Å². The van der Waals surface area contributed by atoms with Crippen molar-refractivity contribution in [3.05, 3.63) is 0 Å². The topological polar surface area (TPSA) is 55.4 Å². The van der Waals surface area contributed by atoms with E-state index in [1.54, 1.807) is 23.5 Å². The standard InChI is InChI=1S/C15H27NO3S3/c1-5-19-13(17)15(20-8-9-21-15)12(10-11-6-7-11)16-22(18)14(2,3)4/h11-12,16H,5-10H2,1-4H3/t12-,22-/m0/s1. The minimum Gasteiger partial charge on any atom is -0.464 e. The highest BCUT2D eigenvalue weighted by molar-refractivity contribution is 8.22. The van der Waals surface area contributed by atoms with E-state index in [-0.39, 0.29) is 16.8 Å². The summed E-state index contributed by atoms with van der Waals surface area (Å²) in [5, 5.41) is 0. The molecule has 2 rings (SSSR count). The van der Waals surface area contributed by atoms with Gasteiger partial charge in [0.25, 0.3) is 0 Å². The van der Waals surface area contributed by atoms with Gasteiger partial charge in [-0.15, -0.1) is 23.5 Å². The summed E-state index contributed by atoms with van der Waals surface area (Å²) in [5.74, 6) is 2.37. The van der Waals surface area contributed by atoms with E-state index in [9.17, 15) is 9.00 Å². The largest absolute Gasteiger partial charge is 0.464 e. The van der Waals surface area contributed by atoms with E-state index in [1.807, 2.05) is 27.7 Å². The predicted molar refractivity (Wildman–Crippen MR) is 96.4 cm³/mol. The highest BCUT2D eigenvalue weighted by Crippen LogP contribution is 2.50. The Labute approximate surface area is 144 Å². The summed E-state index contributed by atoms with van der Waals surface area (Å²) in [7, 11) is -1.18. The molecule has 0 aromatic heterocycles. The first kappa shape index (κ1) is 18.6. The van der Waals surface area contributed by atoms with Gasteiger partial charge in [-0.25, -0.2) is 13.7 Å². The summed E-state index contributed by atoms with van der Waals surface area (Å²) in [6, 6.07) is -0.100. The highest BCUT2D eigenvalue weighted by Gasteiger charge is 2.53. The Morgan fingerprint density at radius 3 is 2.41 bits per heavy atom. The zero-order valence-electron chi connectivity index (χ0n) is 13.8. The van der Waals surface area contributed by atoms with Gasteiger partial charge >= 0.3 is 5.97 Å². The van der Waals surface area contributed by atoms with Crippen molar-refractivity contribution in [1.82, 2.24) is 4.72 Å². The Morgan fingerprint density at radius 2 is 1.95 bits per heavy atom. The number of hydrogen-bond donors (Lipinski definition) is 1. The van der Waals surface area contributed by atoms with Crippen LogP contribution in [0.25, 0.3) is 0 Å². The van der Waals surface area contributed by atoms with Crippen LogP contribution >= 0.6 is 23.5 Å². The SMILES string of the molecule is CCOC(=O)C1([C@H](CC2CC2)N[S@@](=O)C(C)(C)C)SCCS1. The quantitative estimate of drug-likeness (QED) is 0.703. The lowest BCUT2D eigenvalue weighted by molar-refractivity contribution is -0.143. The monoisotopic (exact) mass is 365 g/mol. The van der Waals surface area contributed by atoms with Crippen LogP contribution in [-0.2, 0) is 20.5 Å². The van der Waals surface area contributed by atoms with E-state index >= 15 is 0 Å². The first-order chi connectivity index (χ1) is 10.3. The third kappa shape index (κ3) is 4.42. The molecule has 0 aromatic rings. The van der Waals surface area contributed by atoms with E-state index < -0.39 is 15.1 Å². The normalized spacial score (nSPS) is 24.0. The number of carbonyl (C=O) groups excluding carboxylic acids is 1. The van der Waals surface area contributed by atoms with Crippen LogP contribution in [0.1, 0.15) is 47.0 Å². The number of rotatable bonds is 7. The van der Waals surface area contributed by atoms with E-state index in [0.717, 1.165) is 17.9 Å². The molecule has 2 fully saturated rings. The van der Waals surface area contributed by atoms with Gasteiger partial charge < -0.3 is 4.74 Å². The third-order valence-electron chi connectivity index (χ3n) is 3.81. The Bertz CT molecular complexity index is 426. The Morgan fingerprint density at radius 1 is 1.36 bits per heavy atom. The van der Waals surface area contributed by atoms with Crippen molar-refractivity contribution >= 4 is 40.5 Å². The molecule has 22 heavy (non-hydrogen) atoms. The highest BCUT2D eigenvalue weighted by atomic mass is 32.2. The lowest BCUT2D eigenvalue weighted by atomic mass is 10.1. The number of hydrogen-bond acceptors (Lipinski definition) is 5. The second-order valence-corrected chi connectivity index (χ2v) is 11.8. The smallest absolute Gasteiger partial charge is 0.334 e. The van der Waals surface area contributed by atoms with Crippen molar-refractivity contribution in [1.29, 1.82) is 0 Å². The van der Waals surface area contributed by atoms with Crippen molar-refractivity contribution in [3.63, 3.8) is 0 Å². The van der Waals surface area contributed by atoms with Crippen LogP contribution in [-0.4, -0.2) is 43.2 Å². The van der Waals surface area contributed by atoms with Gasteiger partial charge in [-0.1, -0.05) is 12.8 Å². The molecule has 0 radical (unpaired) electrons. The Balaban J connectivity index is 2.20. The molecule has 7 heteroatoms. The van der Waals surface area contributed by atoms with Gasteiger partial charge in [-0.05, 0) is 40.0 Å². The molecule has 4 nitrogen and oxygen atoms in total. The summed E-state index contributed by atoms with van der Waals surface area (Å²) >= 11 is 3.32. The number of carbonyl (C=O) groups is 1. The van der Waals surface area contributed by atoms with Crippen LogP contribution in [0.2, 0.25) is 0 Å². The zero-order valence-corrected chi connectivity index (χ0v) is 16.3. The number of nitrogens with one attached hydrogen (secondary N) is 1. The average molecular weight is 366 g/mol. The van der Waals surface area contributed by atoms with Gasteiger partial charge in [-0.2, -0.15) is 0 Å². The van der Waals surface area contributed by atoms with Crippen molar-refractivity contribution in [2.24, 2.45) is 5.92 Å². The summed E-state index contributed by atoms with van der Waals surface area (Å²) in [6.07, 6.45) is 3.34. The molecule has 0 aromatic carbocycles. The van der Waals surface area contributed by atoms with Gasteiger partial charge in [-0.3, -0.25) is 0 Å². The molecule has 0 amide bonds. The molecular weight excluding hydrogens is 338 g/mol. The van der Waals surface area contributed by atoms with Gasteiger partial charge in [0.15, 0.2) is 4.08 Å². The average Bonchev–Trinajstić information content (AvgIpc) is 3.11. The summed E-state index contributed by atoms with van der Waals surface area (Å²) in [4.78, 5) is 12.6. The second kappa shape index (κ2) is 7.45. The number of thioether (sulfide) groups is 2. The maximum atomic E-state index is 12.6. The fourth-order valence-electron chi connectivity index (χ4n) is 2.39. The van der Waals surface area contributed by atoms with Crippen molar-refractivity contribution in [3.8, 4) is 0 Å². The Hall–Kier alpha value is 0.280. The molecule has 0 spiro atoms. The lowest BCUT2D eigenvalue weighted by Gasteiger charge is -2.35. The predicted octanol–water partition coefficient (Wildman–Crippen LogP) is 2.95. The fourth-order valence-corrected chi connectivity index (χ4v) is 6.60. The number of ether oxygens (including phenoxy) is 1. The first-order valence-corrected chi connectivity index (χ1v) is 11.0. The molecule has 1 saturated carbocycles.